The summed E-state index contributed by atoms with van der Waals surface area (Å²) in [5, 5.41) is 15.9. The zero-order chi connectivity index (χ0) is 27.2. The zero-order valence-corrected chi connectivity index (χ0v) is 21.4. The summed E-state index contributed by atoms with van der Waals surface area (Å²) in [5.74, 6) is -2.60. The molecule has 37 heavy (non-hydrogen) atoms. The molecule has 3 N–H and O–H groups in total. The molecule has 4 atom stereocenters. The molecule has 2 saturated heterocycles. The monoisotopic (exact) mass is 535 g/mol. The van der Waals surface area contributed by atoms with E-state index in [0.29, 0.717) is 25.1 Å². The molecule has 3 aliphatic heterocycles. The number of rotatable bonds is 8. The van der Waals surface area contributed by atoms with E-state index in [2.05, 4.69) is 4.72 Å². The van der Waals surface area contributed by atoms with Crippen molar-refractivity contribution in [1.29, 1.82) is 0 Å². The molecule has 0 aromatic heterocycles. The number of β-lactam (4-membered cyclic amide) rings is 1. The van der Waals surface area contributed by atoms with Crippen LogP contribution in [0, 0.1) is 27.9 Å². The van der Waals surface area contributed by atoms with Gasteiger partial charge in [0.25, 0.3) is 15.9 Å². The van der Waals surface area contributed by atoms with Crippen molar-refractivity contribution in [3.05, 3.63) is 51.2 Å². The number of carbonyl (C=O) groups is 3. The molecule has 1 aromatic rings. The summed E-state index contributed by atoms with van der Waals surface area (Å²) in [4.78, 5) is 52.5. The summed E-state index contributed by atoms with van der Waals surface area (Å²) < 4.78 is 30.3. The standard InChI is InChI=1S/C23H29N5O8S/c1-12(2)18-19-13(3)17(11-26-9-8-15(10-26)25-37(24,34)35)20(27(19)21(18)29)23(31)36-22(30)14-4-6-16(7-5-14)28(32)33/h4-7,12-13,15,18-19,25H,8-11H2,1-3H3,(H2,24,34,35)/t13-,15-,18+,19+/m0/s1. The lowest BCUT2D eigenvalue weighted by Gasteiger charge is -2.47. The van der Waals surface area contributed by atoms with E-state index < -0.39 is 27.1 Å². The van der Waals surface area contributed by atoms with Gasteiger partial charge in [-0.1, -0.05) is 20.8 Å². The zero-order valence-electron chi connectivity index (χ0n) is 20.6. The van der Waals surface area contributed by atoms with Crippen LogP contribution in [0.15, 0.2) is 35.5 Å². The highest BCUT2D eigenvalue weighted by Gasteiger charge is 2.59. The fraction of sp³-hybridized carbons (Fsp3) is 0.522. The molecule has 0 saturated carbocycles. The maximum absolute atomic E-state index is 13.3. The molecule has 2 fully saturated rings. The molecule has 3 heterocycles. The highest BCUT2D eigenvalue weighted by atomic mass is 32.2. The Balaban J connectivity index is 1.57. The number of nitrogens with one attached hydrogen (secondary N) is 1. The maximum atomic E-state index is 13.3. The number of nitro groups is 1. The van der Waals surface area contributed by atoms with E-state index >= 15 is 0 Å². The predicted octanol–water partition coefficient (Wildman–Crippen LogP) is 0.532. The molecule has 1 amide bonds. The van der Waals surface area contributed by atoms with E-state index in [-0.39, 0.29) is 59.2 Å². The molecule has 0 unspecified atom stereocenters. The number of nitrogens with two attached hydrogens (primary N) is 1. The molecule has 13 nitrogen and oxygen atoms in total. The van der Waals surface area contributed by atoms with Crippen LogP contribution in [0.3, 0.4) is 0 Å². The van der Waals surface area contributed by atoms with E-state index in [0.717, 1.165) is 12.1 Å². The first-order chi connectivity index (χ1) is 17.3. The van der Waals surface area contributed by atoms with Crippen LogP contribution in [-0.2, 0) is 24.5 Å². The van der Waals surface area contributed by atoms with Crippen LogP contribution in [0.1, 0.15) is 37.6 Å². The third-order valence-electron chi connectivity index (χ3n) is 7.20. The lowest BCUT2D eigenvalue weighted by molar-refractivity contribution is -0.384. The van der Waals surface area contributed by atoms with Crippen molar-refractivity contribution in [2.45, 2.75) is 39.3 Å². The van der Waals surface area contributed by atoms with Gasteiger partial charge in [-0.05, 0) is 30.0 Å². The number of nitrogens with zero attached hydrogens (tertiary/aromatic N) is 3. The quantitative estimate of drug-likeness (QED) is 0.158. The van der Waals surface area contributed by atoms with Gasteiger partial charge in [-0.15, -0.1) is 0 Å². The number of non-ortho nitro benzene ring substituents is 1. The van der Waals surface area contributed by atoms with Crippen molar-refractivity contribution in [2.24, 2.45) is 22.9 Å². The fourth-order valence-corrected chi connectivity index (χ4v) is 6.14. The highest BCUT2D eigenvalue weighted by molar-refractivity contribution is 7.87. The molecule has 200 valence electrons. The molecule has 0 spiro atoms. The fourth-order valence-electron chi connectivity index (χ4n) is 5.49. The molecular formula is C23H29N5O8S. The van der Waals surface area contributed by atoms with Crippen molar-refractivity contribution in [2.75, 3.05) is 19.6 Å². The summed E-state index contributed by atoms with van der Waals surface area (Å²) in [7, 11) is -3.86. The smallest absolute Gasteiger partial charge is 0.362 e. The first kappa shape index (κ1) is 26.9. The summed E-state index contributed by atoms with van der Waals surface area (Å²) in [6.07, 6.45) is 0.525. The first-order valence-electron chi connectivity index (χ1n) is 11.9. The van der Waals surface area contributed by atoms with Crippen molar-refractivity contribution < 1.29 is 32.5 Å². The van der Waals surface area contributed by atoms with Crippen LogP contribution < -0.4 is 9.86 Å². The van der Waals surface area contributed by atoms with E-state index in [1.807, 2.05) is 25.7 Å². The van der Waals surface area contributed by atoms with E-state index in [9.17, 15) is 32.9 Å². The number of hydrogen-bond donors (Lipinski definition) is 2. The van der Waals surface area contributed by atoms with Crippen molar-refractivity contribution in [3.8, 4) is 0 Å². The number of esters is 2. The Kier molecular flexibility index (Phi) is 7.21. The minimum Gasteiger partial charge on any atom is -0.385 e. The number of fused-ring (bicyclic) bond motifs is 1. The minimum atomic E-state index is -3.86. The lowest BCUT2D eigenvalue weighted by atomic mass is 9.74. The van der Waals surface area contributed by atoms with E-state index in [1.165, 1.54) is 17.0 Å². The van der Waals surface area contributed by atoms with Gasteiger partial charge in [0.2, 0.25) is 5.91 Å². The maximum Gasteiger partial charge on any atom is 0.362 e. The number of likely N-dealkylation sites (tertiary alicyclic amines) is 1. The molecular weight excluding hydrogens is 506 g/mol. The summed E-state index contributed by atoms with van der Waals surface area (Å²) in [5.41, 5.74) is 0.402. The molecule has 14 heteroatoms. The van der Waals surface area contributed by atoms with Gasteiger partial charge in [-0.2, -0.15) is 13.1 Å². The largest absolute Gasteiger partial charge is 0.385 e. The number of ether oxygens (including phenoxy) is 1. The average molecular weight is 536 g/mol. The number of benzene rings is 1. The van der Waals surface area contributed by atoms with Crippen LogP contribution >= 0.6 is 0 Å². The second kappa shape index (κ2) is 9.93. The van der Waals surface area contributed by atoms with Gasteiger partial charge in [0.1, 0.15) is 5.70 Å². The van der Waals surface area contributed by atoms with Crippen LogP contribution in [0.4, 0.5) is 5.69 Å². The number of carbonyl (C=O) groups excluding carboxylic acids is 3. The third-order valence-corrected chi connectivity index (χ3v) is 7.87. The normalized spacial score (nSPS) is 25.9. The topological polar surface area (TPSA) is 182 Å². The van der Waals surface area contributed by atoms with Crippen molar-refractivity contribution in [3.63, 3.8) is 0 Å². The summed E-state index contributed by atoms with van der Waals surface area (Å²) >= 11 is 0. The molecule has 3 aliphatic rings. The molecule has 0 radical (unpaired) electrons. The third kappa shape index (κ3) is 5.28. The van der Waals surface area contributed by atoms with Gasteiger partial charge in [0.05, 0.1) is 22.4 Å². The summed E-state index contributed by atoms with van der Waals surface area (Å²) in [6, 6.07) is 4.01. The Morgan fingerprint density at radius 1 is 1.24 bits per heavy atom. The SMILES string of the molecule is CC(C)[C@H]1C(=O)N2C(C(=O)OC(=O)c3ccc([N+](=O)[O-])cc3)=C(CN3CC[C@H](NS(N)(=O)=O)C3)[C@H](C)[C@H]12. The van der Waals surface area contributed by atoms with Crippen molar-refractivity contribution in [1.82, 2.24) is 14.5 Å². The Morgan fingerprint density at radius 3 is 2.46 bits per heavy atom. The van der Waals surface area contributed by atoms with Crippen LogP contribution in [0.5, 0.6) is 0 Å². The Hall–Kier alpha value is -3.20. The predicted molar refractivity (Wildman–Crippen MR) is 130 cm³/mol. The minimum absolute atomic E-state index is 0.0255. The van der Waals surface area contributed by atoms with Crippen molar-refractivity contribution >= 4 is 33.7 Å². The number of hydrogen-bond acceptors (Lipinski definition) is 9. The van der Waals surface area contributed by atoms with Gasteiger partial charge in [-0.25, -0.2) is 14.7 Å². The second-order valence-corrected chi connectivity index (χ2v) is 11.3. The van der Waals surface area contributed by atoms with Gasteiger partial charge >= 0.3 is 11.9 Å². The number of nitro benzene ring substituents is 1. The molecule has 0 bridgehead atoms. The highest BCUT2D eigenvalue weighted by Crippen LogP contribution is 2.49. The molecule has 1 aromatic carbocycles. The van der Waals surface area contributed by atoms with Gasteiger partial charge in [0.15, 0.2) is 0 Å². The molecule has 0 aliphatic carbocycles. The van der Waals surface area contributed by atoms with E-state index in [1.54, 1.807) is 0 Å². The second-order valence-electron chi connectivity index (χ2n) is 10.00. The lowest BCUT2D eigenvalue weighted by Crippen LogP contribution is -2.62. The summed E-state index contributed by atoms with van der Waals surface area (Å²) in [6.45, 7) is 6.98. The van der Waals surface area contributed by atoms with Crippen LogP contribution in [-0.4, -0.2) is 72.7 Å². The average Bonchev–Trinajstić information content (AvgIpc) is 3.32. The Labute approximate surface area is 213 Å². The van der Waals surface area contributed by atoms with Crippen LogP contribution in [0.25, 0.3) is 0 Å². The van der Waals surface area contributed by atoms with E-state index in [4.69, 9.17) is 9.88 Å². The molecule has 4 rings (SSSR count). The Morgan fingerprint density at radius 2 is 1.89 bits per heavy atom. The Bertz CT molecular complexity index is 1280. The first-order valence-corrected chi connectivity index (χ1v) is 13.4. The van der Waals surface area contributed by atoms with Gasteiger partial charge < -0.3 is 9.64 Å². The van der Waals surface area contributed by atoms with Gasteiger partial charge in [-0.3, -0.25) is 19.8 Å². The van der Waals surface area contributed by atoms with Crippen LogP contribution in [0.2, 0.25) is 0 Å². The van der Waals surface area contributed by atoms with Gasteiger partial charge in [0, 0.05) is 43.7 Å². The number of amides is 1.